The number of anilines is 1. The lowest BCUT2D eigenvalue weighted by Gasteiger charge is -2.35. The summed E-state index contributed by atoms with van der Waals surface area (Å²) in [5.41, 5.74) is 0.486. The minimum atomic E-state index is -0.0909. The van der Waals surface area contributed by atoms with Gasteiger partial charge in [-0.15, -0.1) is 10.2 Å². The number of ether oxygens (including phenoxy) is 5. The molecule has 1 aromatic heterocycles. The fraction of sp³-hybridized carbons (Fsp3) is 0.476. The standard InChI is InChI=1S/C21H28N4O6/c1-27-11-12-31-19-6-5-18(22-23-19)24-7-9-25(10-8-24)21(26)15-13-16(28-2)20(30-4)17(14-15)29-3/h5-6,13-14H,7-12H2,1-4H3. The molecule has 0 saturated carbocycles. The van der Waals surface area contributed by atoms with Crippen LogP contribution >= 0.6 is 0 Å². The van der Waals surface area contributed by atoms with Crippen molar-refractivity contribution < 1.29 is 28.5 Å². The molecule has 168 valence electrons. The maximum Gasteiger partial charge on any atom is 0.254 e. The minimum absolute atomic E-state index is 0.0909. The van der Waals surface area contributed by atoms with Crippen LogP contribution in [0.5, 0.6) is 23.1 Å². The fourth-order valence-corrected chi connectivity index (χ4v) is 3.31. The van der Waals surface area contributed by atoms with Crippen molar-refractivity contribution >= 4 is 11.7 Å². The third-order valence-electron chi connectivity index (χ3n) is 4.97. The topological polar surface area (TPSA) is 95.5 Å². The van der Waals surface area contributed by atoms with Gasteiger partial charge in [0.2, 0.25) is 11.6 Å². The van der Waals surface area contributed by atoms with E-state index in [9.17, 15) is 4.79 Å². The monoisotopic (exact) mass is 432 g/mol. The number of amides is 1. The molecule has 1 amide bonds. The molecule has 1 aliphatic heterocycles. The number of methoxy groups -OCH3 is 4. The number of carbonyl (C=O) groups is 1. The Morgan fingerprint density at radius 2 is 1.58 bits per heavy atom. The van der Waals surface area contributed by atoms with E-state index in [-0.39, 0.29) is 5.91 Å². The van der Waals surface area contributed by atoms with E-state index in [0.717, 1.165) is 5.82 Å². The zero-order chi connectivity index (χ0) is 22.2. The number of carbonyl (C=O) groups excluding carboxylic acids is 1. The summed E-state index contributed by atoms with van der Waals surface area (Å²) in [6.45, 7) is 3.33. The Hall–Kier alpha value is -3.27. The smallest absolute Gasteiger partial charge is 0.254 e. The Morgan fingerprint density at radius 1 is 0.903 bits per heavy atom. The molecule has 1 aromatic carbocycles. The fourth-order valence-electron chi connectivity index (χ4n) is 3.31. The van der Waals surface area contributed by atoms with Gasteiger partial charge in [0.1, 0.15) is 6.61 Å². The normalized spacial score (nSPS) is 13.7. The first-order chi connectivity index (χ1) is 15.1. The summed E-state index contributed by atoms with van der Waals surface area (Å²) in [6, 6.07) is 6.99. The highest BCUT2D eigenvalue weighted by Gasteiger charge is 2.25. The lowest BCUT2D eigenvalue weighted by molar-refractivity contribution is 0.0745. The van der Waals surface area contributed by atoms with Crippen LogP contribution in [-0.2, 0) is 4.74 Å². The first-order valence-corrected chi connectivity index (χ1v) is 9.91. The summed E-state index contributed by atoms with van der Waals surface area (Å²) in [5, 5.41) is 8.33. The van der Waals surface area contributed by atoms with Crippen LogP contribution in [-0.4, -0.2) is 88.8 Å². The molecule has 0 atom stereocenters. The number of nitrogens with zero attached hydrogens (tertiary/aromatic N) is 4. The zero-order valence-corrected chi connectivity index (χ0v) is 18.3. The maximum atomic E-state index is 13.0. The summed E-state index contributed by atoms with van der Waals surface area (Å²) in [7, 11) is 6.20. The van der Waals surface area contributed by atoms with Gasteiger partial charge in [0, 0.05) is 44.9 Å². The second-order valence-electron chi connectivity index (χ2n) is 6.76. The lowest BCUT2D eigenvalue weighted by Crippen LogP contribution is -2.49. The molecule has 1 saturated heterocycles. The third-order valence-corrected chi connectivity index (χ3v) is 4.97. The van der Waals surface area contributed by atoms with E-state index in [4.69, 9.17) is 23.7 Å². The highest BCUT2D eigenvalue weighted by atomic mass is 16.5. The molecule has 1 fully saturated rings. The van der Waals surface area contributed by atoms with Gasteiger partial charge in [-0.3, -0.25) is 4.79 Å². The van der Waals surface area contributed by atoms with Gasteiger partial charge in [0.05, 0.1) is 27.9 Å². The number of benzene rings is 1. The number of hydrogen-bond acceptors (Lipinski definition) is 9. The predicted octanol–water partition coefficient (Wildman–Crippen LogP) is 1.49. The maximum absolute atomic E-state index is 13.0. The largest absolute Gasteiger partial charge is 0.493 e. The van der Waals surface area contributed by atoms with E-state index in [1.165, 1.54) is 21.3 Å². The summed E-state index contributed by atoms with van der Waals surface area (Å²) in [6.07, 6.45) is 0. The third kappa shape index (κ3) is 5.26. The van der Waals surface area contributed by atoms with Crippen molar-refractivity contribution in [2.75, 3.05) is 72.7 Å². The van der Waals surface area contributed by atoms with Gasteiger partial charge < -0.3 is 33.5 Å². The van der Waals surface area contributed by atoms with Gasteiger partial charge >= 0.3 is 0 Å². The Balaban J connectivity index is 1.62. The number of hydrogen-bond donors (Lipinski definition) is 0. The minimum Gasteiger partial charge on any atom is -0.493 e. The molecule has 10 nitrogen and oxygen atoms in total. The predicted molar refractivity (Wildman–Crippen MR) is 114 cm³/mol. The van der Waals surface area contributed by atoms with Gasteiger partial charge in [-0.1, -0.05) is 0 Å². The van der Waals surface area contributed by atoms with Crippen molar-refractivity contribution in [3.05, 3.63) is 29.8 Å². The van der Waals surface area contributed by atoms with Crippen molar-refractivity contribution in [1.29, 1.82) is 0 Å². The molecule has 0 unspecified atom stereocenters. The molecule has 0 aliphatic carbocycles. The van der Waals surface area contributed by atoms with Crippen molar-refractivity contribution in [2.45, 2.75) is 0 Å². The molecule has 0 spiro atoms. The van der Waals surface area contributed by atoms with Crippen LogP contribution in [0.4, 0.5) is 5.82 Å². The molecular formula is C21H28N4O6. The number of aromatic nitrogens is 2. The van der Waals surface area contributed by atoms with E-state index < -0.39 is 0 Å². The van der Waals surface area contributed by atoms with Crippen molar-refractivity contribution in [3.63, 3.8) is 0 Å². The molecule has 2 aromatic rings. The zero-order valence-electron chi connectivity index (χ0n) is 18.3. The molecule has 1 aliphatic rings. The van der Waals surface area contributed by atoms with Crippen LogP contribution in [0.15, 0.2) is 24.3 Å². The van der Waals surface area contributed by atoms with Crippen molar-refractivity contribution in [1.82, 2.24) is 15.1 Å². The number of rotatable bonds is 9. The second-order valence-corrected chi connectivity index (χ2v) is 6.76. The highest BCUT2D eigenvalue weighted by Crippen LogP contribution is 2.38. The summed E-state index contributed by atoms with van der Waals surface area (Å²) < 4.78 is 26.4. The average Bonchev–Trinajstić information content (AvgIpc) is 2.83. The Kier molecular flexibility index (Phi) is 7.71. The summed E-state index contributed by atoms with van der Waals surface area (Å²) in [5.74, 6) is 2.47. The van der Waals surface area contributed by atoms with Gasteiger partial charge in [-0.25, -0.2) is 0 Å². The molecule has 3 rings (SSSR count). The Labute approximate surface area is 181 Å². The molecule has 2 heterocycles. The summed E-state index contributed by atoms with van der Waals surface area (Å²) in [4.78, 5) is 16.9. The Morgan fingerprint density at radius 3 is 2.10 bits per heavy atom. The quantitative estimate of drug-likeness (QED) is 0.546. The molecule has 0 radical (unpaired) electrons. The van der Waals surface area contributed by atoms with Crippen molar-refractivity contribution in [2.24, 2.45) is 0 Å². The molecular weight excluding hydrogens is 404 g/mol. The van der Waals surface area contributed by atoms with Crippen LogP contribution in [0.2, 0.25) is 0 Å². The van der Waals surface area contributed by atoms with Gasteiger partial charge in [0.15, 0.2) is 17.3 Å². The van der Waals surface area contributed by atoms with E-state index >= 15 is 0 Å². The van der Waals surface area contributed by atoms with Crippen LogP contribution < -0.4 is 23.8 Å². The molecule has 10 heteroatoms. The highest BCUT2D eigenvalue weighted by molar-refractivity contribution is 5.95. The van der Waals surface area contributed by atoms with E-state index in [0.29, 0.717) is 68.1 Å². The van der Waals surface area contributed by atoms with Crippen LogP contribution in [0.25, 0.3) is 0 Å². The molecule has 31 heavy (non-hydrogen) atoms. The lowest BCUT2D eigenvalue weighted by atomic mass is 10.1. The summed E-state index contributed by atoms with van der Waals surface area (Å²) >= 11 is 0. The van der Waals surface area contributed by atoms with Crippen LogP contribution in [0.1, 0.15) is 10.4 Å². The van der Waals surface area contributed by atoms with Gasteiger partial charge in [0.25, 0.3) is 5.91 Å². The van der Waals surface area contributed by atoms with Crippen molar-refractivity contribution in [3.8, 4) is 23.1 Å². The van der Waals surface area contributed by atoms with Gasteiger partial charge in [-0.2, -0.15) is 0 Å². The SMILES string of the molecule is COCCOc1ccc(N2CCN(C(=O)c3cc(OC)c(OC)c(OC)c3)CC2)nn1. The first-order valence-electron chi connectivity index (χ1n) is 9.91. The average molecular weight is 432 g/mol. The molecule has 0 N–H and O–H groups in total. The van der Waals surface area contributed by atoms with Crippen LogP contribution in [0.3, 0.4) is 0 Å². The molecule has 0 bridgehead atoms. The Bertz CT molecular complexity index is 844. The number of piperazine rings is 1. The van der Waals surface area contributed by atoms with Crippen LogP contribution in [0, 0.1) is 0 Å². The second kappa shape index (κ2) is 10.7. The van der Waals surface area contributed by atoms with E-state index in [1.807, 2.05) is 6.07 Å². The van der Waals surface area contributed by atoms with E-state index in [2.05, 4.69) is 15.1 Å². The first kappa shape index (κ1) is 22.4. The van der Waals surface area contributed by atoms with E-state index in [1.54, 1.807) is 30.2 Å². The van der Waals surface area contributed by atoms with Gasteiger partial charge in [-0.05, 0) is 18.2 Å².